The summed E-state index contributed by atoms with van der Waals surface area (Å²) in [5.41, 5.74) is 0.644. The predicted octanol–water partition coefficient (Wildman–Crippen LogP) is 4.60. The van der Waals surface area contributed by atoms with Gasteiger partial charge in [-0.3, -0.25) is 9.78 Å². The minimum Gasteiger partial charge on any atom is -0.444 e. The zero-order valence-corrected chi connectivity index (χ0v) is 20.9. The molecule has 172 valence electrons. The molecule has 2 fully saturated rings. The molecule has 2 aliphatic rings. The van der Waals surface area contributed by atoms with Crippen LogP contribution in [0.4, 0.5) is 10.5 Å². The monoisotopic (exact) mass is 494 g/mol. The Morgan fingerprint density at radius 2 is 2.03 bits per heavy atom. The quantitative estimate of drug-likeness (QED) is 0.647. The molecule has 0 radical (unpaired) electrons. The normalized spacial score (nSPS) is 22.1. The zero-order chi connectivity index (χ0) is 22.8. The second-order valence-electron chi connectivity index (χ2n) is 9.87. The summed E-state index contributed by atoms with van der Waals surface area (Å²) in [7, 11) is 0. The highest BCUT2D eigenvalue weighted by Crippen LogP contribution is 2.42. The lowest BCUT2D eigenvalue weighted by Crippen LogP contribution is -2.50. The molecule has 2 saturated heterocycles. The molecule has 7 nitrogen and oxygen atoms in total. The number of hydrogen-bond donors (Lipinski definition) is 1. The van der Waals surface area contributed by atoms with Gasteiger partial charge in [-0.25, -0.2) is 4.79 Å². The third-order valence-electron chi connectivity index (χ3n) is 6.28. The average Bonchev–Trinajstić information content (AvgIpc) is 3.31. The average molecular weight is 495 g/mol. The van der Waals surface area contributed by atoms with Crippen LogP contribution in [-0.2, 0) is 4.74 Å². The molecular formula is C23H35BrN4O3. The SMILES string of the molecule is CCC(C)CNC(=O)c1cncc(Br)c1N1CCC2(CCCN2C(=O)OC(C)(C)C)C1. The van der Waals surface area contributed by atoms with Crippen LogP contribution in [0.25, 0.3) is 0 Å². The van der Waals surface area contributed by atoms with E-state index in [9.17, 15) is 9.59 Å². The van der Waals surface area contributed by atoms with Crippen LogP contribution in [0.15, 0.2) is 16.9 Å². The molecule has 1 N–H and O–H groups in total. The molecular weight excluding hydrogens is 460 g/mol. The molecule has 3 rings (SSSR count). The maximum absolute atomic E-state index is 13.0. The first kappa shape index (κ1) is 23.8. The Morgan fingerprint density at radius 1 is 1.29 bits per heavy atom. The lowest BCUT2D eigenvalue weighted by Gasteiger charge is -2.36. The van der Waals surface area contributed by atoms with E-state index in [1.807, 2.05) is 25.7 Å². The lowest BCUT2D eigenvalue weighted by atomic mass is 9.95. The van der Waals surface area contributed by atoms with E-state index in [4.69, 9.17) is 4.74 Å². The minimum atomic E-state index is -0.520. The van der Waals surface area contributed by atoms with E-state index in [-0.39, 0.29) is 17.5 Å². The number of carbonyl (C=O) groups excluding carboxylic acids is 2. The smallest absolute Gasteiger partial charge is 0.410 e. The Hall–Kier alpha value is -1.83. The number of carbonyl (C=O) groups is 2. The number of nitrogens with zero attached hydrogens (tertiary/aromatic N) is 3. The van der Waals surface area contributed by atoms with Crippen LogP contribution in [0.2, 0.25) is 0 Å². The molecule has 2 amide bonds. The summed E-state index contributed by atoms with van der Waals surface area (Å²) in [5, 5.41) is 3.04. The van der Waals surface area contributed by atoms with Crippen LogP contribution in [0.3, 0.4) is 0 Å². The van der Waals surface area contributed by atoms with Gasteiger partial charge in [-0.1, -0.05) is 20.3 Å². The van der Waals surface area contributed by atoms with Gasteiger partial charge in [0, 0.05) is 38.6 Å². The summed E-state index contributed by atoms with van der Waals surface area (Å²) in [4.78, 5) is 34.2. The molecule has 31 heavy (non-hydrogen) atoms. The number of nitrogens with one attached hydrogen (secondary N) is 1. The number of halogens is 1. The van der Waals surface area contributed by atoms with Crippen molar-refractivity contribution in [1.82, 2.24) is 15.2 Å². The maximum atomic E-state index is 13.0. The number of likely N-dealkylation sites (tertiary alicyclic amines) is 1. The van der Waals surface area contributed by atoms with Crippen molar-refractivity contribution < 1.29 is 14.3 Å². The lowest BCUT2D eigenvalue weighted by molar-refractivity contribution is 0.0111. The molecule has 0 aliphatic carbocycles. The molecule has 0 aromatic carbocycles. The van der Waals surface area contributed by atoms with Crippen molar-refractivity contribution in [3.8, 4) is 0 Å². The molecule has 2 unspecified atom stereocenters. The largest absolute Gasteiger partial charge is 0.444 e. The molecule has 0 saturated carbocycles. The van der Waals surface area contributed by atoms with E-state index in [1.165, 1.54) is 0 Å². The first-order valence-electron chi connectivity index (χ1n) is 11.2. The highest BCUT2D eigenvalue weighted by atomic mass is 79.9. The highest BCUT2D eigenvalue weighted by Gasteiger charge is 2.50. The van der Waals surface area contributed by atoms with Gasteiger partial charge in [0.1, 0.15) is 5.60 Å². The van der Waals surface area contributed by atoms with Gasteiger partial charge in [-0.2, -0.15) is 0 Å². The molecule has 1 aromatic rings. The first-order valence-corrected chi connectivity index (χ1v) is 12.0. The summed E-state index contributed by atoms with van der Waals surface area (Å²) in [5.74, 6) is 0.309. The molecule has 2 atom stereocenters. The van der Waals surface area contributed by atoms with Crippen LogP contribution >= 0.6 is 15.9 Å². The van der Waals surface area contributed by atoms with Crippen molar-refractivity contribution >= 4 is 33.6 Å². The van der Waals surface area contributed by atoms with E-state index in [2.05, 4.69) is 45.0 Å². The molecule has 8 heteroatoms. The highest BCUT2D eigenvalue weighted by molar-refractivity contribution is 9.10. The Labute approximate surface area is 194 Å². The number of pyridine rings is 1. The number of anilines is 1. The number of rotatable bonds is 5. The van der Waals surface area contributed by atoms with E-state index in [0.29, 0.717) is 31.1 Å². The summed E-state index contributed by atoms with van der Waals surface area (Å²) in [6, 6.07) is 0. The number of hydrogen-bond acceptors (Lipinski definition) is 5. The van der Waals surface area contributed by atoms with Gasteiger partial charge >= 0.3 is 6.09 Å². The van der Waals surface area contributed by atoms with E-state index in [1.54, 1.807) is 12.4 Å². The van der Waals surface area contributed by atoms with E-state index >= 15 is 0 Å². The summed E-state index contributed by atoms with van der Waals surface area (Å²) in [6.45, 7) is 12.7. The second kappa shape index (κ2) is 9.35. The van der Waals surface area contributed by atoms with Gasteiger partial charge in [0.05, 0.1) is 21.3 Å². The standard InChI is InChI=1S/C23H35BrN4O3/c1-6-16(2)12-26-20(29)17-13-25-14-18(24)19(17)27-11-9-23(15-27)8-7-10-28(23)21(30)31-22(3,4)5/h13-14,16H,6-12,15H2,1-5H3,(H,26,29). The Kier molecular flexibility index (Phi) is 7.18. The number of amides is 2. The Balaban J connectivity index is 1.81. The molecule has 1 spiro atoms. The van der Waals surface area contributed by atoms with Crippen LogP contribution < -0.4 is 10.2 Å². The molecule has 0 bridgehead atoms. The summed E-state index contributed by atoms with van der Waals surface area (Å²) >= 11 is 3.61. The topological polar surface area (TPSA) is 74.8 Å². The molecule has 2 aliphatic heterocycles. The minimum absolute atomic E-state index is 0.111. The van der Waals surface area contributed by atoms with E-state index < -0.39 is 5.60 Å². The fourth-order valence-corrected chi connectivity index (χ4v) is 5.02. The van der Waals surface area contributed by atoms with Crippen molar-refractivity contribution in [1.29, 1.82) is 0 Å². The molecule has 3 heterocycles. The summed E-state index contributed by atoms with van der Waals surface area (Å²) < 4.78 is 6.48. The second-order valence-corrected chi connectivity index (χ2v) is 10.7. The zero-order valence-electron chi connectivity index (χ0n) is 19.3. The fraction of sp³-hybridized carbons (Fsp3) is 0.696. The van der Waals surface area contributed by atoms with Crippen LogP contribution in [0.1, 0.15) is 70.7 Å². The predicted molar refractivity (Wildman–Crippen MR) is 125 cm³/mol. The Morgan fingerprint density at radius 3 is 2.71 bits per heavy atom. The van der Waals surface area contributed by atoms with Gasteiger partial charge in [-0.15, -0.1) is 0 Å². The molecule has 1 aromatic heterocycles. The van der Waals surface area contributed by atoms with Gasteiger partial charge in [0.2, 0.25) is 0 Å². The maximum Gasteiger partial charge on any atom is 0.410 e. The van der Waals surface area contributed by atoms with Gasteiger partial charge in [-0.05, 0) is 61.9 Å². The van der Waals surface area contributed by atoms with Crippen LogP contribution in [0, 0.1) is 5.92 Å². The van der Waals surface area contributed by atoms with Gasteiger partial charge < -0.3 is 19.9 Å². The fourth-order valence-electron chi connectivity index (χ4n) is 4.43. The van der Waals surface area contributed by atoms with Crippen LogP contribution in [0.5, 0.6) is 0 Å². The first-order chi connectivity index (χ1) is 14.6. The van der Waals surface area contributed by atoms with Crippen molar-refractivity contribution in [2.75, 3.05) is 31.1 Å². The van der Waals surface area contributed by atoms with Crippen molar-refractivity contribution in [3.63, 3.8) is 0 Å². The van der Waals surface area contributed by atoms with Crippen molar-refractivity contribution in [2.45, 2.75) is 71.4 Å². The van der Waals surface area contributed by atoms with E-state index in [0.717, 1.165) is 42.4 Å². The Bertz CT molecular complexity index is 826. The van der Waals surface area contributed by atoms with Crippen LogP contribution in [-0.4, -0.2) is 59.2 Å². The number of ether oxygens (including phenoxy) is 1. The third-order valence-corrected chi connectivity index (χ3v) is 6.86. The summed E-state index contributed by atoms with van der Waals surface area (Å²) in [6.07, 6.45) is 6.90. The third kappa shape index (κ3) is 5.33. The van der Waals surface area contributed by atoms with Crippen molar-refractivity contribution in [2.24, 2.45) is 5.92 Å². The van der Waals surface area contributed by atoms with Crippen molar-refractivity contribution in [3.05, 3.63) is 22.4 Å². The number of aromatic nitrogens is 1. The van der Waals surface area contributed by atoms with Gasteiger partial charge in [0.15, 0.2) is 0 Å². The van der Waals surface area contributed by atoms with Gasteiger partial charge in [0.25, 0.3) is 5.91 Å².